The average molecular weight is 337 g/mol. The predicted molar refractivity (Wildman–Crippen MR) is 83.1 cm³/mol. The summed E-state index contributed by atoms with van der Waals surface area (Å²) in [5.41, 5.74) is 0.947. The standard InChI is InChI=1S/C15H17BrN2O2/c1-20-12-7-11(9-19)18(8-12)14-6-5-10-3-2-4-13(16)15(10)17-14/h2-6,11-12,19H,7-9H2,1H3/t11-,12+/m0/s1. The highest BCUT2D eigenvalue weighted by atomic mass is 79.9. The zero-order valence-electron chi connectivity index (χ0n) is 11.3. The van der Waals surface area contributed by atoms with Gasteiger partial charge in [0.15, 0.2) is 0 Å². The second kappa shape index (κ2) is 5.68. The van der Waals surface area contributed by atoms with Crippen molar-refractivity contribution in [3.8, 4) is 0 Å². The van der Waals surface area contributed by atoms with Crippen LogP contribution in [0, 0.1) is 0 Å². The number of ether oxygens (including phenoxy) is 1. The summed E-state index contributed by atoms with van der Waals surface area (Å²) in [7, 11) is 1.72. The number of para-hydroxylation sites is 1. The molecule has 0 unspecified atom stereocenters. The van der Waals surface area contributed by atoms with E-state index in [0.717, 1.165) is 34.2 Å². The molecular weight excluding hydrogens is 320 g/mol. The van der Waals surface area contributed by atoms with Gasteiger partial charge in [-0.2, -0.15) is 0 Å². The van der Waals surface area contributed by atoms with Crippen LogP contribution < -0.4 is 4.90 Å². The van der Waals surface area contributed by atoms with Gasteiger partial charge in [0.2, 0.25) is 0 Å². The van der Waals surface area contributed by atoms with Crippen molar-refractivity contribution in [2.45, 2.75) is 18.6 Å². The number of rotatable bonds is 3. The number of nitrogens with zero attached hydrogens (tertiary/aromatic N) is 2. The third kappa shape index (κ3) is 2.41. The van der Waals surface area contributed by atoms with Crippen molar-refractivity contribution < 1.29 is 9.84 Å². The van der Waals surface area contributed by atoms with Gasteiger partial charge in [0.1, 0.15) is 5.82 Å². The van der Waals surface area contributed by atoms with E-state index in [4.69, 9.17) is 9.72 Å². The number of aromatic nitrogens is 1. The van der Waals surface area contributed by atoms with Crippen LogP contribution in [0.15, 0.2) is 34.8 Å². The highest BCUT2D eigenvalue weighted by Gasteiger charge is 2.32. The molecule has 2 atom stereocenters. The normalized spacial score (nSPS) is 22.6. The number of halogens is 1. The molecule has 3 rings (SSSR count). The molecule has 1 N–H and O–H groups in total. The summed E-state index contributed by atoms with van der Waals surface area (Å²) in [6.45, 7) is 0.889. The third-order valence-corrected chi connectivity index (χ3v) is 4.51. The number of anilines is 1. The van der Waals surface area contributed by atoms with Gasteiger partial charge in [0.05, 0.1) is 24.3 Å². The predicted octanol–water partition coefficient (Wildman–Crippen LogP) is 2.58. The molecule has 0 amide bonds. The van der Waals surface area contributed by atoms with E-state index in [-0.39, 0.29) is 18.8 Å². The number of aliphatic hydroxyl groups is 1. The minimum atomic E-state index is 0.0763. The van der Waals surface area contributed by atoms with Crippen LogP contribution >= 0.6 is 15.9 Å². The van der Waals surface area contributed by atoms with Gasteiger partial charge in [-0.25, -0.2) is 4.98 Å². The molecule has 2 aromatic rings. The van der Waals surface area contributed by atoms with Gasteiger partial charge in [-0.1, -0.05) is 12.1 Å². The van der Waals surface area contributed by atoms with Gasteiger partial charge >= 0.3 is 0 Å². The van der Waals surface area contributed by atoms with Crippen LogP contribution in [0.5, 0.6) is 0 Å². The van der Waals surface area contributed by atoms with Gasteiger partial charge in [-0.05, 0) is 40.5 Å². The lowest BCUT2D eigenvalue weighted by molar-refractivity contribution is 0.115. The molecule has 0 bridgehead atoms. The Bertz CT molecular complexity index is 620. The quantitative estimate of drug-likeness (QED) is 0.935. The summed E-state index contributed by atoms with van der Waals surface area (Å²) in [5, 5.41) is 10.6. The molecular formula is C15H17BrN2O2. The van der Waals surface area contributed by atoms with Crippen LogP contribution in [-0.2, 0) is 4.74 Å². The maximum atomic E-state index is 9.54. The van der Waals surface area contributed by atoms with E-state index in [0.29, 0.717) is 0 Å². The minimum Gasteiger partial charge on any atom is -0.394 e. The molecule has 4 nitrogen and oxygen atoms in total. The third-order valence-electron chi connectivity index (χ3n) is 3.87. The van der Waals surface area contributed by atoms with E-state index in [1.54, 1.807) is 7.11 Å². The number of pyridine rings is 1. The van der Waals surface area contributed by atoms with Crippen molar-refractivity contribution in [1.29, 1.82) is 0 Å². The minimum absolute atomic E-state index is 0.0763. The fourth-order valence-electron chi connectivity index (χ4n) is 2.76. The first-order valence-corrected chi connectivity index (χ1v) is 7.48. The Hall–Kier alpha value is -1.17. The molecule has 1 saturated heterocycles. The summed E-state index contributed by atoms with van der Waals surface area (Å²) in [5.74, 6) is 0.892. The first-order valence-electron chi connectivity index (χ1n) is 6.68. The molecule has 0 spiro atoms. The molecule has 1 aliphatic heterocycles. The van der Waals surface area contributed by atoms with Crippen LogP contribution in [-0.4, -0.2) is 42.5 Å². The maximum absolute atomic E-state index is 9.54. The maximum Gasteiger partial charge on any atom is 0.129 e. The highest BCUT2D eigenvalue weighted by molar-refractivity contribution is 9.10. The van der Waals surface area contributed by atoms with Crippen molar-refractivity contribution in [1.82, 2.24) is 4.98 Å². The number of hydrogen-bond donors (Lipinski definition) is 1. The Balaban J connectivity index is 1.99. The zero-order valence-corrected chi connectivity index (χ0v) is 12.9. The van der Waals surface area contributed by atoms with Crippen LogP contribution in [0.25, 0.3) is 10.9 Å². The van der Waals surface area contributed by atoms with Crippen molar-refractivity contribution >= 4 is 32.7 Å². The molecule has 2 heterocycles. The van der Waals surface area contributed by atoms with E-state index in [1.807, 2.05) is 24.3 Å². The van der Waals surface area contributed by atoms with E-state index < -0.39 is 0 Å². The Labute approximate surface area is 126 Å². The Morgan fingerprint density at radius 3 is 3.00 bits per heavy atom. The SMILES string of the molecule is CO[C@@H]1C[C@@H](CO)N(c2ccc3cccc(Br)c3n2)C1. The molecule has 1 aromatic heterocycles. The lowest BCUT2D eigenvalue weighted by atomic mass is 10.2. The molecule has 5 heteroatoms. The van der Waals surface area contributed by atoms with E-state index in [2.05, 4.69) is 26.9 Å². The van der Waals surface area contributed by atoms with Gasteiger partial charge in [-0.3, -0.25) is 0 Å². The zero-order chi connectivity index (χ0) is 14.1. The lowest BCUT2D eigenvalue weighted by Gasteiger charge is -2.24. The van der Waals surface area contributed by atoms with Crippen LogP contribution in [0.4, 0.5) is 5.82 Å². The second-order valence-corrected chi connectivity index (χ2v) is 5.92. The number of hydrogen-bond acceptors (Lipinski definition) is 4. The summed E-state index contributed by atoms with van der Waals surface area (Å²) in [4.78, 5) is 6.87. The van der Waals surface area contributed by atoms with Gasteiger partial charge in [0.25, 0.3) is 0 Å². The fourth-order valence-corrected chi connectivity index (χ4v) is 3.23. The molecule has 0 radical (unpaired) electrons. The Kier molecular flexibility index (Phi) is 3.92. The first-order chi connectivity index (χ1) is 9.72. The van der Waals surface area contributed by atoms with Crippen LogP contribution in [0.1, 0.15) is 6.42 Å². The van der Waals surface area contributed by atoms with Gasteiger partial charge in [-0.15, -0.1) is 0 Å². The molecule has 106 valence electrons. The van der Waals surface area contributed by atoms with Crippen molar-refractivity contribution in [2.24, 2.45) is 0 Å². The number of methoxy groups -OCH3 is 1. The second-order valence-electron chi connectivity index (χ2n) is 5.06. The summed E-state index contributed by atoms with van der Waals surface area (Å²) < 4.78 is 6.40. The van der Waals surface area contributed by atoms with E-state index in [9.17, 15) is 5.11 Å². The van der Waals surface area contributed by atoms with Crippen molar-refractivity contribution in [3.63, 3.8) is 0 Å². The van der Waals surface area contributed by atoms with Gasteiger partial charge in [0, 0.05) is 23.5 Å². The summed E-state index contributed by atoms with van der Waals surface area (Å²) >= 11 is 3.54. The van der Waals surface area contributed by atoms with Crippen LogP contribution in [0.3, 0.4) is 0 Å². The van der Waals surface area contributed by atoms with Gasteiger partial charge < -0.3 is 14.7 Å². The molecule has 1 aromatic carbocycles. The lowest BCUT2D eigenvalue weighted by Crippen LogP contribution is -2.33. The van der Waals surface area contributed by atoms with E-state index >= 15 is 0 Å². The molecule has 0 aliphatic carbocycles. The highest BCUT2D eigenvalue weighted by Crippen LogP contribution is 2.29. The first kappa shape index (κ1) is 13.8. The average Bonchev–Trinajstić information content (AvgIpc) is 2.91. The summed E-state index contributed by atoms with van der Waals surface area (Å²) in [6, 6.07) is 10.2. The number of aliphatic hydroxyl groups excluding tert-OH is 1. The Morgan fingerprint density at radius 2 is 2.25 bits per heavy atom. The molecule has 0 saturated carbocycles. The number of fused-ring (bicyclic) bond motifs is 1. The van der Waals surface area contributed by atoms with Crippen molar-refractivity contribution in [3.05, 3.63) is 34.8 Å². The largest absolute Gasteiger partial charge is 0.394 e. The van der Waals surface area contributed by atoms with Crippen molar-refractivity contribution in [2.75, 3.05) is 25.2 Å². The molecule has 20 heavy (non-hydrogen) atoms. The molecule has 1 fully saturated rings. The molecule has 1 aliphatic rings. The fraction of sp³-hybridized carbons (Fsp3) is 0.400. The topological polar surface area (TPSA) is 45.6 Å². The smallest absolute Gasteiger partial charge is 0.129 e. The summed E-state index contributed by atoms with van der Waals surface area (Å²) in [6.07, 6.45) is 0.992. The monoisotopic (exact) mass is 336 g/mol. The van der Waals surface area contributed by atoms with E-state index in [1.165, 1.54) is 0 Å². The Morgan fingerprint density at radius 1 is 1.40 bits per heavy atom. The number of benzene rings is 1. The van der Waals surface area contributed by atoms with Crippen LogP contribution in [0.2, 0.25) is 0 Å².